The summed E-state index contributed by atoms with van der Waals surface area (Å²) in [6.45, 7) is 3.65. The largest absolute Gasteiger partial charge is 0.379 e. The Morgan fingerprint density at radius 3 is 3.06 bits per heavy atom. The highest BCUT2D eigenvalue weighted by Crippen LogP contribution is 2.16. The predicted octanol–water partition coefficient (Wildman–Crippen LogP) is 1.42. The van der Waals surface area contributed by atoms with E-state index in [0.29, 0.717) is 12.0 Å². The average Bonchev–Trinajstić information content (AvgIpc) is 2.33. The molecular weight excluding hydrogens is 204 g/mol. The molecule has 88 valence electrons. The van der Waals surface area contributed by atoms with Crippen LogP contribution in [0.5, 0.6) is 0 Å². The third-order valence-corrected chi connectivity index (χ3v) is 2.70. The zero-order valence-electron chi connectivity index (χ0n) is 9.79. The highest BCUT2D eigenvalue weighted by Gasteiger charge is 2.15. The Morgan fingerprint density at radius 2 is 2.38 bits per heavy atom. The summed E-state index contributed by atoms with van der Waals surface area (Å²) >= 11 is 0. The van der Waals surface area contributed by atoms with Crippen LogP contribution < -0.4 is 10.6 Å². The van der Waals surface area contributed by atoms with Crippen molar-refractivity contribution in [2.75, 3.05) is 30.9 Å². The van der Waals surface area contributed by atoms with Gasteiger partial charge in [0.2, 0.25) is 5.95 Å². The monoisotopic (exact) mass is 222 g/mol. The third-order valence-electron chi connectivity index (χ3n) is 2.70. The average molecular weight is 222 g/mol. The van der Waals surface area contributed by atoms with Gasteiger partial charge in [-0.2, -0.15) is 4.98 Å². The maximum absolute atomic E-state index is 5.43. The topological polar surface area (TPSA) is 59.1 Å². The second-order valence-electron chi connectivity index (χ2n) is 4.03. The van der Waals surface area contributed by atoms with Crippen LogP contribution in [0, 0.1) is 6.92 Å². The molecule has 2 rings (SSSR count). The predicted molar refractivity (Wildman–Crippen MR) is 63.8 cm³/mol. The summed E-state index contributed by atoms with van der Waals surface area (Å²) in [6.07, 6.45) is 4.07. The van der Waals surface area contributed by atoms with Crippen LogP contribution in [0.25, 0.3) is 0 Å². The molecule has 0 spiro atoms. The molecule has 0 aliphatic carbocycles. The molecule has 0 radical (unpaired) electrons. The second-order valence-corrected chi connectivity index (χ2v) is 4.03. The van der Waals surface area contributed by atoms with Crippen LogP contribution in [0.2, 0.25) is 0 Å². The lowest BCUT2D eigenvalue weighted by atomic mass is 10.1. The van der Waals surface area contributed by atoms with Gasteiger partial charge in [-0.05, 0) is 19.8 Å². The zero-order chi connectivity index (χ0) is 11.4. The summed E-state index contributed by atoms with van der Waals surface area (Å²) in [5.41, 5.74) is 1.06. The van der Waals surface area contributed by atoms with Crippen LogP contribution >= 0.6 is 0 Å². The van der Waals surface area contributed by atoms with E-state index >= 15 is 0 Å². The molecular formula is C11H18N4O. The highest BCUT2D eigenvalue weighted by atomic mass is 16.5. The number of nitrogens with zero attached hydrogens (tertiary/aromatic N) is 2. The standard InChI is InChI=1S/C11H18N4O/c1-8-6-13-11(12-2)15-10(8)14-9-4-3-5-16-7-9/h6,9H,3-5,7H2,1-2H3,(H2,12,13,14,15). The van der Waals surface area contributed by atoms with Crippen molar-refractivity contribution in [2.45, 2.75) is 25.8 Å². The van der Waals surface area contributed by atoms with Gasteiger partial charge in [0, 0.05) is 25.4 Å². The molecule has 1 aliphatic heterocycles. The maximum Gasteiger partial charge on any atom is 0.224 e. The Morgan fingerprint density at radius 1 is 1.50 bits per heavy atom. The Labute approximate surface area is 95.6 Å². The molecule has 1 saturated heterocycles. The number of ether oxygens (including phenoxy) is 1. The Balaban J connectivity index is 2.06. The molecule has 0 amide bonds. The smallest absolute Gasteiger partial charge is 0.224 e. The van der Waals surface area contributed by atoms with Crippen LogP contribution in [0.4, 0.5) is 11.8 Å². The molecule has 1 fully saturated rings. The van der Waals surface area contributed by atoms with Crippen molar-refractivity contribution in [3.63, 3.8) is 0 Å². The van der Waals surface area contributed by atoms with E-state index < -0.39 is 0 Å². The summed E-state index contributed by atoms with van der Waals surface area (Å²) < 4.78 is 5.43. The number of nitrogens with one attached hydrogen (secondary N) is 2. The number of aromatic nitrogens is 2. The van der Waals surface area contributed by atoms with Gasteiger partial charge in [0.25, 0.3) is 0 Å². The number of aryl methyl sites for hydroxylation is 1. The summed E-state index contributed by atoms with van der Waals surface area (Å²) in [7, 11) is 1.82. The zero-order valence-corrected chi connectivity index (χ0v) is 9.79. The van der Waals surface area contributed by atoms with E-state index in [1.54, 1.807) is 0 Å². The SMILES string of the molecule is CNc1ncc(C)c(NC2CCCOC2)n1. The van der Waals surface area contributed by atoms with Crippen molar-refractivity contribution in [2.24, 2.45) is 0 Å². The van der Waals surface area contributed by atoms with Crippen LogP contribution in [-0.2, 0) is 4.74 Å². The molecule has 0 bridgehead atoms. The van der Waals surface area contributed by atoms with E-state index in [-0.39, 0.29) is 0 Å². The minimum atomic E-state index is 0.368. The molecule has 1 aromatic rings. The van der Waals surface area contributed by atoms with E-state index in [4.69, 9.17) is 4.74 Å². The molecule has 5 nitrogen and oxygen atoms in total. The first-order valence-corrected chi connectivity index (χ1v) is 5.65. The second kappa shape index (κ2) is 5.12. The van der Waals surface area contributed by atoms with E-state index in [1.807, 2.05) is 20.2 Å². The molecule has 5 heteroatoms. The fourth-order valence-corrected chi connectivity index (χ4v) is 1.76. The molecule has 16 heavy (non-hydrogen) atoms. The van der Waals surface area contributed by atoms with Gasteiger partial charge >= 0.3 is 0 Å². The summed E-state index contributed by atoms with van der Waals surface area (Å²) in [6, 6.07) is 0.368. The summed E-state index contributed by atoms with van der Waals surface area (Å²) in [4.78, 5) is 8.55. The number of rotatable bonds is 3. The number of anilines is 2. The van der Waals surface area contributed by atoms with Gasteiger partial charge in [0.05, 0.1) is 12.6 Å². The van der Waals surface area contributed by atoms with E-state index in [2.05, 4.69) is 20.6 Å². The van der Waals surface area contributed by atoms with Crippen molar-refractivity contribution in [1.82, 2.24) is 9.97 Å². The molecule has 1 aromatic heterocycles. The molecule has 1 atom stereocenters. The first-order valence-electron chi connectivity index (χ1n) is 5.65. The summed E-state index contributed by atoms with van der Waals surface area (Å²) in [5.74, 6) is 1.54. The molecule has 2 N–H and O–H groups in total. The molecule has 2 heterocycles. The summed E-state index contributed by atoms with van der Waals surface area (Å²) in [5, 5.41) is 6.35. The van der Waals surface area contributed by atoms with Crippen LogP contribution in [0.15, 0.2) is 6.20 Å². The van der Waals surface area contributed by atoms with Gasteiger partial charge in [-0.3, -0.25) is 0 Å². The van der Waals surface area contributed by atoms with Crippen molar-refractivity contribution >= 4 is 11.8 Å². The minimum Gasteiger partial charge on any atom is -0.379 e. The van der Waals surface area contributed by atoms with Gasteiger partial charge in [-0.25, -0.2) is 4.98 Å². The first kappa shape index (κ1) is 11.1. The number of hydrogen-bond acceptors (Lipinski definition) is 5. The quantitative estimate of drug-likeness (QED) is 0.810. The fraction of sp³-hybridized carbons (Fsp3) is 0.636. The van der Waals surface area contributed by atoms with Crippen molar-refractivity contribution in [3.05, 3.63) is 11.8 Å². The lowest BCUT2D eigenvalue weighted by Crippen LogP contribution is -2.30. The van der Waals surface area contributed by atoms with Crippen molar-refractivity contribution < 1.29 is 4.74 Å². The molecule has 0 saturated carbocycles. The van der Waals surface area contributed by atoms with Gasteiger partial charge in [0.1, 0.15) is 5.82 Å². The van der Waals surface area contributed by atoms with Crippen LogP contribution in [0.3, 0.4) is 0 Å². The van der Waals surface area contributed by atoms with Gasteiger partial charge in [0.15, 0.2) is 0 Å². The minimum absolute atomic E-state index is 0.368. The first-order chi connectivity index (χ1) is 7.79. The van der Waals surface area contributed by atoms with Crippen molar-refractivity contribution in [1.29, 1.82) is 0 Å². The maximum atomic E-state index is 5.43. The highest BCUT2D eigenvalue weighted by molar-refractivity contribution is 5.46. The Bertz CT molecular complexity index is 350. The van der Waals surface area contributed by atoms with Gasteiger partial charge in [-0.15, -0.1) is 0 Å². The van der Waals surface area contributed by atoms with Crippen molar-refractivity contribution in [3.8, 4) is 0 Å². The third kappa shape index (κ3) is 2.61. The lowest BCUT2D eigenvalue weighted by molar-refractivity contribution is 0.0875. The van der Waals surface area contributed by atoms with E-state index in [1.165, 1.54) is 0 Å². The lowest BCUT2D eigenvalue weighted by Gasteiger charge is -2.24. The number of hydrogen-bond donors (Lipinski definition) is 2. The van der Waals surface area contributed by atoms with Gasteiger partial charge < -0.3 is 15.4 Å². The molecule has 1 unspecified atom stereocenters. The normalized spacial score (nSPS) is 20.5. The van der Waals surface area contributed by atoms with Crippen LogP contribution in [0.1, 0.15) is 18.4 Å². The Kier molecular flexibility index (Phi) is 3.56. The van der Waals surface area contributed by atoms with E-state index in [0.717, 1.165) is 37.4 Å². The Hall–Kier alpha value is -1.36. The molecule has 0 aromatic carbocycles. The molecule has 1 aliphatic rings. The van der Waals surface area contributed by atoms with E-state index in [9.17, 15) is 0 Å². The van der Waals surface area contributed by atoms with Crippen LogP contribution in [-0.4, -0.2) is 36.3 Å². The van der Waals surface area contributed by atoms with Gasteiger partial charge in [-0.1, -0.05) is 0 Å². The fourth-order valence-electron chi connectivity index (χ4n) is 1.76.